The number of nitrogens with zero attached hydrogens (tertiary/aromatic N) is 8. The first-order valence-corrected chi connectivity index (χ1v) is 38.2. The summed E-state index contributed by atoms with van der Waals surface area (Å²) in [6.45, 7) is 0. The lowest BCUT2D eigenvalue weighted by Crippen LogP contribution is -2.13. The molecule has 0 bridgehead atoms. The van der Waals surface area contributed by atoms with Gasteiger partial charge in [-0.1, -0.05) is 285 Å². The Hall–Kier alpha value is -15.5. The van der Waals surface area contributed by atoms with Crippen molar-refractivity contribution in [3.05, 3.63) is 397 Å². The van der Waals surface area contributed by atoms with Gasteiger partial charge in [-0.2, -0.15) is 0 Å². The molecule has 0 spiro atoms. The number of hydrogen-bond acceptors (Lipinski definition) is 8. The van der Waals surface area contributed by atoms with E-state index in [1.54, 1.807) is 0 Å². The molecule has 10 nitrogen and oxygen atoms in total. The van der Waals surface area contributed by atoms with E-state index < -0.39 is 0 Å². The summed E-state index contributed by atoms with van der Waals surface area (Å²) < 4.78 is 3.79. The first-order chi connectivity index (χ1) is 56.3. The number of aromatic nitrogens is 8. The van der Waals surface area contributed by atoms with Crippen LogP contribution in [0.4, 0.5) is 0 Å². The van der Waals surface area contributed by atoms with E-state index in [9.17, 15) is 4.79 Å². The standard InChI is InChI=1S/C104H62N8O2/c113-103-85-41-17-16-40-83(85)89-61-82(62-91-87-58-80(48-51-94(87)111(103)96(89)91)101-107-97(66-26-10-3-11-27-66)105-98(108-101)67-28-12-4-13-29-67)102-109-99(68-30-14-5-15-31-68)106-100(110-102)69-44-42-65(43-45-69)78-46-49-84-88-59-81(77-39-21-37-75(55-77)73-35-19-33-71(53-73)64-24-8-2-9-25-64)60-90-86-56-79(47-50-93(86)112(95(88)90)104(114)92(84)57-78)76-38-20-36-74(54-76)72-34-18-32-70(52-72)63-22-6-1-7-23-63/h1-62H. The molecule has 530 valence electrons. The minimum absolute atomic E-state index is 0.0896. The van der Waals surface area contributed by atoms with Gasteiger partial charge in [-0.05, 0) is 180 Å². The third-order valence-corrected chi connectivity index (χ3v) is 22.5. The van der Waals surface area contributed by atoms with Crippen LogP contribution in [0.25, 0.3) is 222 Å². The summed E-state index contributed by atoms with van der Waals surface area (Å²) in [6, 6.07) is 130. The molecule has 0 N–H and O–H groups in total. The first kappa shape index (κ1) is 65.6. The van der Waals surface area contributed by atoms with Gasteiger partial charge in [0.05, 0.1) is 22.1 Å². The average Bonchev–Trinajstić information content (AvgIpc) is 1.54. The second kappa shape index (κ2) is 26.7. The molecule has 0 aliphatic heterocycles. The molecule has 0 radical (unpaired) electrons. The maximum atomic E-state index is 15.8. The van der Waals surface area contributed by atoms with Crippen LogP contribution < -0.4 is 11.1 Å². The molecular weight excluding hydrogens is 1390 g/mol. The molecule has 6 aromatic heterocycles. The van der Waals surface area contributed by atoms with Crippen LogP contribution >= 0.6 is 0 Å². The highest BCUT2D eigenvalue weighted by Gasteiger charge is 2.25. The van der Waals surface area contributed by atoms with E-state index in [4.69, 9.17) is 29.9 Å². The fourth-order valence-corrected chi connectivity index (χ4v) is 16.9. The number of fused-ring (bicyclic) bond motifs is 10. The van der Waals surface area contributed by atoms with E-state index in [0.29, 0.717) is 45.7 Å². The minimum atomic E-state index is -0.111. The van der Waals surface area contributed by atoms with Crippen LogP contribution in [0.5, 0.6) is 0 Å². The van der Waals surface area contributed by atoms with Crippen LogP contribution in [-0.4, -0.2) is 38.7 Å². The van der Waals surface area contributed by atoms with E-state index >= 15 is 4.79 Å². The Bertz CT molecular complexity index is 7690. The fourth-order valence-electron chi connectivity index (χ4n) is 16.9. The number of hydrogen-bond donors (Lipinski definition) is 0. The Kier molecular flexibility index (Phi) is 15.3. The van der Waals surface area contributed by atoms with Crippen molar-refractivity contribution in [2.45, 2.75) is 0 Å². The van der Waals surface area contributed by atoms with Gasteiger partial charge in [0, 0.05) is 76.5 Å². The third-order valence-electron chi connectivity index (χ3n) is 22.5. The van der Waals surface area contributed by atoms with Crippen LogP contribution in [-0.2, 0) is 0 Å². The second-order valence-electron chi connectivity index (χ2n) is 29.2. The van der Waals surface area contributed by atoms with E-state index in [1.165, 1.54) is 11.1 Å². The first-order valence-electron chi connectivity index (χ1n) is 38.2. The molecular formula is C104H62N8O2. The smallest absolute Gasteiger partial charge is 0.263 e. The van der Waals surface area contributed by atoms with Gasteiger partial charge in [0.2, 0.25) is 0 Å². The molecule has 22 aromatic rings. The highest BCUT2D eigenvalue weighted by molar-refractivity contribution is 6.24. The van der Waals surface area contributed by atoms with Crippen molar-refractivity contribution in [1.29, 1.82) is 0 Å². The molecule has 114 heavy (non-hydrogen) atoms. The summed E-state index contributed by atoms with van der Waals surface area (Å²) in [5.74, 6) is 3.04. The molecule has 10 heteroatoms. The summed E-state index contributed by atoms with van der Waals surface area (Å²) in [5, 5.41) is 8.44. The quantitative estimate of drug-likeness (QED) is 0.105. The van der Waals surface area contributed by atoms with E-state index in [-0.39, 0.29) is 11.1 Å². The lowest BCUT2D eigenvalue weighted by molar-refractivity contribution is 1.07. The van der Waals surface area contributed by atoms with Crippen molar-refractivity contribution in [2.24, 2.45) is 0 Å². The van der Waals surface area contributed by atoms with E-state index in [2.05, 4.69) is 237 Å². The Morgan fingerprint density at radius 3 is 0.825 bits per heavy atom. The highest BCUT2D eigenvalue weighted by atomic mass is 16.1. The predicted molar refractivity (Wildman–Crippen MR) is 466 cm³/mol. The molecule has 0 aliphatic carbocycles. The molecule has 22 rings (SSSR count). The largest absolute Gasteiger partial charge is 0.275 e. The molecule has 0 atom stereocenters. The topological polar surface area (TPSA) is 120 Å². The van der Waals surface area contributed by atoms with Crippen molar-refractivity contribution >= 4 is 75.9 Å². The summed E-state index contributed by atoms with van der Waals surface area (Å²) in [7, 11) is 0. The molecule has 6 heterocycles. The minimum Gasteiger partial charge on any atom is -0.275 e. The summed E-state index contributed by atoms with van der Waals surface area (Å²) in [6.07, 6.45) is 0. The van der Waals surface area contributed by atoms with E-state index in [1.807, 2.05) is 148 Å². The zero-order chi connectivity index (χ0) is 75.5. The Labute approximate surface area is 653 Å². The van der Waals surface area contributed by atoms with Crippen molar-refractivity contribution in [3.8, 4) is 146 Å². The summed E-state index contributed by atoms with van der Waals surface area (Å²) in [5.41, 5.74) is 23.1. The van der Waals surface area contributed by atoms with E-state index in [0.717, 1.165) is 165 Å². The molecule has 0 fully saturated rings. The molecule has 0 saturated heterocycles. The highest BCUT2D eigenvalue weighted by Crippen LogP contribution is 2.44. The van der Waals surface area contributed by atoms with Gasteiger partial charge >= 0.3 is 0 Å². The van der Waals surface area contributed by atoms with Gasteiger partial charge in [-0.3, -0.25) is 18.4 Å². The van der Waals surface area contributed by atoms with Gasteiger partial charge < -0.3 is 0 Å². The Morgan fingerprint density at radius 2 is 0.386 bits per heavy atom. The monoisotopic (exact) mass is 1450 g/mol. The zero-order valence-corrected chi connectivity index (χ0v) is 61.2. The van der Waals surface area contributed by atoms with Crippen molar-refractivity contribution < 1.29 is 0 Å². The number of pyridine rings is 2. The van der Waals surface area contributed by atoms with Gasteiger partial charge in [0.1, 0.15) is 0 Å². The lowest BCUT2D eigenvalue weighted by Gasteiger charge is -2.12. The summed E-state index contributed by atoms with van der Waals surface area (Å²) >= 11 is 0. The Balaban J connectivity index is 0.670. The normalized spacial score (nSPS) is 11.8. The van der Waals surface area contributed by atoms with Gasteiger partial charge in [0.25, 0.3) is 11.1 Å². The van der Waals surface area contributed by atoms with Crippen LogP contribution in [0.2, 0.25) is 0 Å². The Morgan fingerprint density at radius 1 is 0.149 bits per heavy atom. The van der Waals surface area contributed by atoms with Gasteiger partial charge in [-0.25, -0.2) is 29.9 Å². The predicted octanol–water partition coefficient (Wildman–Crippen LogP) is 24.7. The third kappa shape index (κ3) is 11.2. The van der Waals surface area contributed by atoms with Crippen LogP contribution in [0.15, 0.2) is 386 Å². The molecule has 0 saturated carbocycles. The van der Waals surface area contributed by atoms with Crippen molar-refractivity contribution in [3.63, 3.8) is 0 Å². The van der Waals surface area contributed by atoms with Gasteiger partial charge in [-0.15, -0.1) is 0 Å². The van der Waals surface area contributed by atoms with Crippen LogP contribution in [0, 0.1) is 0 Å². The number of benzene rings is 16. The lowest BCUT2D eigenvalue weighted by atomic mass is 9.93. The average molecular weight is 1460 g/mol. The fraction of sp³-hybridized carbons (Fsp3) is 0. The SMILES string of the molecule is O=c1c2cc(-c3ccc(-c4nc(-c5ccccc5)nc(-c5cc6c7ccccc7c(=O)n7c8ccc(-c9nc(-c%10ccccc%10)nc(-c%10ccccc%10)n9)cc8c(c5)c67)n4)cc3)ccc2c2cc(-c3cccc(-c4cccc(-c5ccccc5)c4)c3)cc3c4cc(-c5cccc(-c6cccc(-c7ccccc7)c6)c5)ccc4n1c23. The van der Waals surface area contributed by atoms with Crippen LogP contribution in [0.1, 0.15) is 0 Å². The maximum Gasteiger partial charge on any atom is 0.263 e. The van der Waals surface area contributed by atoms with Crippen molar-refractivity contribution in [1.82, 2.24) is 38.7 Å². The molecule has 0 amide bonds. The molecule has 16 aromatic carbocycles. The van der Waals surface area contributed by atoms with Gasteiger partial charge in [0.15, 0.2) is 34.9 Å². The van der Waals surface area contributed by atoms with Crippen molar-refractivity contribution in [2.75, 3.05) is 0 Å². The molecule has 0 aliphatic rings. The molecule has 0 unspecified atom stereocenters. The number of rotatable bonds is 13. The summed E-state index contributed by atoms with van der Waals surface area (Å²) in [4.78, 5) is 61.8. The maximum absolute atomic E-state index is 15.8. The zero-order valence-electron chi connectivity index (χ0n) is 61.2. The second-order valence-corrected chi connectivity index (χ2v) is 29.2. The van der Waals surface area contributed by atoms with Crippen LogP contribution in [0.3, 0.4) is 0 Å².